The molecule has 7 heteroatoms. The minimum absolute atomic E-state index is 0.0111. The van der Waals surface area contributed by atoms with E-state index in [2.05, 4.69) is 50.0 Å². The number of amides is 1. The van der Waals surface area contributed by atoms with Gasteiger partial charge in [-0.15, -0.1) is 0 Å². The number of carbonyl (C=O) groups is 1. The van der Waals surface area contributed by atoms with Gasteiger partial charge in [0.1, 0.15) is 5.82 Å². The second-order valence-electron chi connectivity index (χ2n) is 7.44. The van der Waals surface area contributed by atoms with Gasteiger partial charge in [0.15, 0.2) is 5.82 Å². The van der Waals surface area contributed by atoms with Crippen molar-refractivity contribution in [2.75, 3.05) is 10.6 Å². The van der Waals surface area contributed by atoms with Crippen molar-refractivity contribution in [3.8, 4) is 22.6 Å². The highest BCUT2D eigenvalue weighted by Gasteiger charge is 2.13. The van der Waals surface area contributed by atoms with Gasteiger partial charge in [-0.1, -0.05) is 54.5 Å². The third-order valence-corrected chi connectivity index (χ3v) is 4.97. The minimum atomic E-state index is -0.0111. The number of nitrogens with zero attached hydrogens (tertiary/aromatic N) is 3. The Bertz CT molecular complexity index is 1200. The SMILES string of the molecule is CCCC(=O)Nc1cccnc1NCc1ccc(-c2ccccc2-c2nc(C)no2)cc1. The van der Waals surface area contributed by atoms with E-state index in [9.17, 15) is 4.79 Å². The van der Waals surface area contributed by atoms with Crippen LogP contribution < -0.4 is 10.6 Å². The molecule has 162 valence electrons. The molecule has 32 heavy (non-hydrogen) atoms. The van der Waals surface area contributed by atoms with Crippen LogP contribution in [0.25, 0.3) is 22.6 Å². The average molecular weight is 428 g/mol. The lowest BCUT2D eigenvalue weighted by molar-refractivity contribution is -0.116. The summed E-state index contributed by atoms with van der Waals surface area (Å²) >= 11 is 0. The van der Waals surface area contributed by atoms with Crippen LogP contribution in [0, 0.1) is 6.92 Å². The minimum Gasteiger partial charge on any atom is -0.364 e. The van der Waals surface area contributed by atoms with E-state index in [4.69, 9.17) is 4.52 Å². The summed E-state index contributed by atoms with van der Waals surface area (Å²) in [5.74, 6) is 1.76. The van der Waals surface area contributed by atoms with E-state index in [1.54, 1.807) is 13.1 Å². The van der Waals surface area contributed by atoms with E-state index in [-0.39, 0.29) is 5.91 Å². The summed E-state index contributed by atoms with van der Waals surface area (Å²) in [7, 11) is 0. The second kappa shape index (κ2) is 9.87. The molecule has 2 heterocycles. The second-order valence-corrected chi connectivity index (χ2v) is 7.44. The van der Waals surface area contributed by atoms with Gasteiger partial charge in [0.2, 0.25) is 5.91 Å². The lowest BCUT2D eigenvalue weighted by Gasteiger charge is -2.12. The Kier molecular flexibility index (Phi) is 6.55. The lowest BCUT2D eigenvalue weighted by Crippen LogP contribution is -2.13. The average Bonchev–Trinajstić information content (AvgIpc) is 3.25. The first-order valence-corrected chi connectivity index (χ1v) is 10.6. The number of nitrogens with one attached hydrogen (secondary N) is 2. The molecule has 0 unspecified atom stereocenters. The Morgan fingerprint density at radius 2 is 1.78 bits per heavy atom. The van der Waals surface area contributed by atoms with Crippen molar-refractivity contribution in [2.45, 2.75) is 33.2 Å². The zero-order valence-electron chi connectivity index (χ0n) is 18.1. The highest BCUT2D eigenvalue weighted by Crippen LogP contribution is 2.31. The molecular weight excluding hydrogens is 402 g/mol. The molecular formula is C25H25N5O2. The third-order valence-electron chi connectivity index (χ3n) is 4.97. The summed E-state index contributed by atoms with van der Waals surface area (Å²) in [5.41, 5.74) is 4.77. The molecule has 2 N–H and O–H groups in total. The molecule has 2 aromatic carbocycles. The Balaban J connectivity index is 1.48. The zero-order chi connectivity index (χ0) is 22.3. The Morgan fingerprint density at radius 1 is 1.00 bits per heavy atom. The molecule has 0 aliphatic rings. The molecule has 2 aromatic heterocycles. The van der Waals surface area contributed by atoms with Crippen LogP contribution in [0.15, 0.2) is 71.4 Å². The van der Waals surface area contributed by atoms with Crippen LogP contribution in [0.5, 0.6) is 0 Å². The predicted molar refractivity (Wildman–Crippen MR) is 125 cm³/mol. The molecule has 4 rings (SSSR count). The Morgan fingerprint density at radius 3 is 2.50 bits per heavy atom. The van der Waals surface area contributed by atoms with E-state index < -0.39 is 0 Å². The zero-order valence-corrected chi connectivity index (χ0v) is 18.1. The van der Waals surface area contributed by atoms with Crippen LogP contribution in [0.4, 0.5) is 11.5 Å². The van der Waals surface area contributed by atoms with Crippen LogP contribution in [0.3, 0.4) is 0 Å². The molecule has 7 nitrogen and oxygen atoms in total. The number of anilines is 2. The van der Waals surface area contributed by atoms with E-state index in [1.807, 2.05) is 43.3 Å². The molecule has 0 aliphatic carbocycles. The lowest BCUT2D eigenvalue weighted by atomic mass is 9.98. The van der Waals surface area contributed by atoms with Gasteiger partial charge in [0, 0.05) is 24.7 Å². The van der Waals surface area contributed by atoms with Gasteiger partial charge in [-0.3, -0.25) is 4.79 Å². The number of rotatable bonds is 8. The Hall–Kier alpha value is -4.00. The first-order valence-electron chi connectivity index (χ1n) is 10.6. The summed E-state index contributed by atoms with van der Waals surface area (Å²) < 4.78 is 5.37. The van der Waals surface area contributed by atoms with Crippen LogP contribution in [-0.4, -0.2) is 21.0 Å². The fourth-order valence-corrected chi connectivity index (χ4v) is 3.40. The first kappa shape index (κ1) is 21.2. The molecule has 0 radical (unpaired) electrons. The van der Waals surface area contributed by atoms with Gasteiger partial charge < -0.3 is 15.2 Å². The van der Waals surface area contributed by atoms with Crippen molar-refractivity contribution >= 4 is 17.4 Å². The van der Waals surface area contributed by atoms with Gasteiger partial charge in [-0.25, -0.2) is 4.98 Å². The molecule has 0 atom stereocenters. The molecule has 0 spiro atoms. The smallest absolute Gasteiger partial charge is 0.258 e. The molecule has 0 saturated heterocycles. The van der Waals surface area contributed by atoms with E-state index in [0.29, 0.717) is 36.2 Å². The van der Waals surface area contributed by atoms with Crippen molar-refractivity contribution < 1.29 is 9.32 Å². The maximum atomic E-state index is 12.0. The maximum Gasteiger partial charge on any atom is 0.258 e. The van der Waals surface area contributed by atoms with Crippen LogP contribution in [0.2, 0.25) is 0 Å². The molecule has 4 aromatic rings. The standard InChI is InChI=1S/C25H25N5O2/c1-3-7-23(31)29-22-10-6-15-26-24(22)27-16-18-11-13-19(14-12-18)20-8-4-5-9-21(20)25-28-17(2)30-32-25/h4-6,8-15H,3,7,16H2,1-2H3,(H,26,27)(H,29,31). The van der Waals surface area contributed by atoms with Crippen molar-refractivity contribution in [3.05, 3.63) is 78.2 Å². The topological polar surface area (TPSA) is 92.9 Å². The van der Waals surface area contributed by atoms with Gasteiger partial charge in [0.05, 0.1) is 5.69 Å². The fourth-order valence-electron chi connectivity index (χ4n) is 3.40. The molecule has 1 amide bonds. The maximum absolute atomic E-state index is 12.0. The van der Waals surface area contributed by atoms with Gasteiger partial charge >= 0.3 is 0 Å². The Labute approximate surface area is 186 Å². The summed E-state index contributed by atoms with van der Waals surface area (Å²) in [4.78, 5) is 20.7. The van der Waals surface area contributed by atoms with Crippen LogP contribution >= 0.6 is 0 Å². The number of carbonyl (C=O) groups excluding carboxylic acids is 1. The van der Waals surface area contributed by atoms with Crippen molar-refractivity contribution in [3.63, 3.8) is 0 Å². The highest BCUT2D eigenvalue weighted by molar-refractivity contribution is 5.93. The van der Waals surface area contributed by atoms with Crippen LogP contribution in [0.1, 0.15) is 31.2 Å². The van der Waals surface area contributed by atoms with E-state index in [0.717, 1.165) is 28.7 Å². The number of pyridine rings is 1. The third kappa shape index (κ3) is 5.00. The largest absolute Gasteiger partial charge is 0.364 e. The quantitative estimate of drug-likeness (QED) is 0.388. The predicted octanol–water partition coefficient (Wildman–Crippen LogP) is 5.46. The highest BCUT2D eigenvalue weighted by atomic mass is 16.5. The molecule has 0 aliphatic heterocycles. The van der Waals surface area contributed by atoms with Gasteiger partial charge in [0.25, 0.3) is 5.89 Å². The first-order chi connectivity index (χ1) is 15.6. The summed E-state index contributed by atoms with van der Waals surface area (Å²) in [6.07, 6.45) is 2.99. The monoisotopic (exact) mass is 427 g/mol. The number of aromatic nitrogens is 3. The number of aryl methyl sites for hydroxylation is 1. The van der Waals surface area contributed by atoms with E-state index in [1.165, 1.54) is 0 Å². The number of hydrogen-bond donors (Lipinski definition) is 2. The summed E-state index contributed by atoms with van der Waals surface area (Å²) in [6.45, 7) is 4.37. The summed E-state index contributed by atoms with van der Waals surface area (Å²) in [5, 5.41) is 10.1. The van der Waals surface area contributed by atoms with Gasteiger partial charge in [-0.2, -0.15) is 4.98 Å². The molecule has 0 saturated carbocycles. The van der Waals surface area contributed by atoms with Gasteiger partial charge in [-0.05, 0) is 48.2 Å². The summed E-state index contributed by atoms with van der Waals surface area (Å²) in [6, 6.07) is 19.9. The number of benzene rings is 2. The molecule has 0 fully saturated rings. The normalized spacial score (nSPS) is 10.7. The van der Waals surface area contributed by atoms with Crippen LogP contribution in [-0.2, 0) is 11.3 Å². The fraction of sp³-hybridized carbons (Fsp3) is 0.200. The van der Waals surface area contributed by atoms with E-state index >= 15 is 0 Å². The van der Waals surface area contributed by atoms with Crippen molar-refractivity contribution in [1.82, 2.24) is 15.1 Å². The molecule has 0 bridgehead atoms. The van der Waals surface area contributed by atoms with Crippen molar-refractivity contribution in [1.29, 1.82) is 0 Å². The van der Waals surface area contributed by atoms with Crippen molar-refractivity contribution in [2.24, 2.45) is 0 Å². The number of hydrogen-bond acceptors (Lipinski definition) is 6.